The fourth-order valence-corrected chi connectivity index (χ4v) is 1.88. The van der Waals surface area contributed by atoms with Crippen LogP contribution in [-0.4, -0.2) is 61.4 Å². The van der Waals surface area contributed by atoms with Crippen LogP contribution in [0.1, 0.15) is 10.5 Å². The molecule has 0 radical (unpaired) electrons. The summed E-state index contributed by atoms with van der Waals surface area (Å²) in [6.45, 7) is 3.16. The van der Waals surface area contributed by atoms with E-state index in [-0.39, 0.29) is 5.69 Å². The predicted octanol–water partition coefficient (Wildman–Crippen LogP) is 0.831. The standard InChI is InChI=1S/C10H17N3O3S/c1-13(5-6-16-2)4-3-11-10-12-8(7-17-10)9(14)15/h7H,3-6H2,1-2H3,(H,11,12)(H,14,15). The number of carboxylic acid groups (broad SMARTS) is 1. The summed E-state index contributed by atoms with van der Waals surface area (Å²) in [6.07, 6.45) is 0. The van der Waals surface area contributed by atoms with Gasteiger partial charge in [-0.2, -0.15) is 0 Å². The Morgan fingerprint density at radius 3 is 3.00 bits per heavy atom. The maximum atomic E-state index is 10.6. The van der Waals surface area contributed by atoms with Crippen LogP contribution in [0.2, 0.25) is 0 Å². The van der Waals surface area contributed by atoms with Crippen LogP contribution in [0, 0.1) is 0 Å². The zero-order valence-corrected chi connectivity index (χ0v) is 10.8. The molecule has 1 rings (SSSR count). The second kappa shape index (κ2) is 7.21. The van der Waals surface area contributed by atoms with Gasteiger partial charge >= 0.3 is 5.97 Å². The molecule has 0 atom stereocenters. The smallest absolute Gasteiger partial charge is 0.355 e. The second-order valence-corrected chi connectivity index (χ2v) is 4.42. The van der Waals surface area contributed by atoms with Crippen molar-refractivity contribution in [1.29, 1.82) is 0 Å². The fourth-order valence-electron chi connectivity index (χ4n) is 1.17. The van der Waals surface area contributed by atoms with Crippen molar-refractivity contribution in [1.82, 2.24) is 9.88 Å². The van der Waals surface area contributed by atoms with Crippen molar-refractivity contribution < 1.29 is 14.6 Å². The SMILES string of the molecule is COCCN(C)CCNc1nc(C(=O)O)cs1. The molecule has 0 unspecified atom stereocenters. The number of anilines is 1. The van der Waals surface area contributed by atoms with Crippen molar-refractivity contribution in [2.45, 2.75) is 0 Å². The molecule has 2 N–H and O–H groups in total. The summed E-state index contributed by atoms with van der Waals surface area (Å²) in [5.74, 6) is -0.994. The highest BCUT2D eigenvalue weighted by molar-refractivity contribution is 7.13. The van der Waals surface area contributed by atoms with Crippen LogP contribution in [0.15, 0.2) is 5.38 Å². The number of aromatic carboxylic acids is 1. The number of hydrogen-bond donors (Lipinski definition) is 2. The van der Waals surface area contributed by atoms with E-state index in [4.69, 9.17) is 9.84 Å². The molecule has 0 saturated carbocycles. The molecule has 7 heteroatoms. The van der Waals surface area contributed by atoms with Crippen molar-refractivity contribution in [3.8, 4) is 0 Å². The lowest BCUT2D eigenvalue weighted by atomic mass is 10.5. The monoisotopic (exact) mass is 259 g/mol. The molecular formula is C10H17N3O3S. The van der Waals surface area contributed by atoms with Crippen molar-refractivity contribution in [2.24, 2.45) is 0 Å². The first-order chi connectivity index (χ1) is 8.13. The van der Waals surface area contributed by atoms with Gasteiger partial charge in [-0.25, -0.2) is 9.78 Å². The van der Waals surface area contributed by atoms with Gasteiger partial charge in [0.05, 0.1) is 6.61 Å². The van der Waals surface area contributed by atoms with Crippen LogP contribution in [0.3, 0.4) is 0 Å². The normalized spacial score (nSPS) is 10.8. The van der Waals surface area contributed by atoms with Gasteiger partial charge < -0.3 is 20.1 Å². The zero-order valence-electron chi connectivity index (χ0n) is 9.97. The molecule has 0 saturated heterocycles. The van der Waals surface area contributed by atoms with E-state index >= 15 is 0 Å². The van der Waals surface area contributed by atoms with Gasteiger partial charge in [0, 0.05) is 32.1 Å². The lowest BCUT2D eigenvalue weighted by Crippen LogP contribution is -2.28. The van der Waals surface area contributed by atoms with Gasteiger partial charge in [0.2, 0.25) is 0 Å². The average molecular weight is 259 g/mol. The maximum Gasteiger partial charge on any atom is 0.355 e. The Kier molecular flexibility index (Phi) is 5.88. The lowest BCUT2D eigenvalue weighted by molar-refractivity contribution is 0.0691. The number of aromatic nitrogens is 1. The zero-order chi connectivity index (χ0) is 12.7. The van der Waals surface area contributed by atoms with E-state index in [1.807, 2.05) is 7.05 Å². The van der Waals surface area contributed by atoms with Gasteiger partial charge in [-0.3, -0.25) is 0 Å². The summed E-state index contributed by atoms with van der Waals surface area (Å²) < 4.78 is 4.97. The molecule has 0 amide bonds. The van der Waals surface area contributed by atoms with E-state index in [0.29, 0.717) is 11.7 Å². The third-order valence-corrected chi connectivity index (χ3v) is 2.97. The van der Waals surface area contributed by atoms with Crippen LogP contribution in [-0.2, 0) is 4.74 Å². The summed E-state index contributed by atoms with van der Waals surface area (Å²) in [7, 11) is 3.68. The topological polar surface area (TPSA) is 74.7 Å². The highest BCUT2D eigenvalue weighted by atomic mass is 32.1. The van der Waals surface area contributed by atoms with Crippen molar-refractivity contribution >= 4 is 22.4 Å². The Morgan fingerprint density at radius 2 is 2.41 bits per heavy atom. The first-order valence-electron chi connectivity index (χ1n) is 5.23. The largest absolute Gasteiger partial charge is 0.476 e. The summed E-state index contributed by atoms with van der Waals surface area (Å²) in [4.78, 5) is 16.7. The van der Waals surface area contributed by atoms with Gasteiger partial charge in [0.1, 0.15) is 0 Å². The molecule has 1 aromatic rings. The molecule has 1 heterocycles. The summed E-state index contributed by atoms with van der Waals surface area (Å²) in [5.41, 5.74) is 0.0882. The van der Waals surface area contributed by atoms with Gasteiger partial charge in [-0.05, 0) is 7.05 Å². The number of nitrogens with zero attached hydrogens (tertiary/aromatic N) is 2. The Morgan fingerprint density at radius 1 is 1.65 bits per heavy atom. The highest BCUT2D eigenvalue weighted by Gasteiger charge is 2.07. The van der Waals surface area contributed by atoms with Crippen molar-refractivity contribution in [3.63, 3.8) is 0 Å². The van der Waals surface area contributed by atoms with Gasteiger partial charge in [0.15, 0.2) is 10.8 Å². The molecule has 0 aromatic carbocycles. The molecule has 1 aromatic heterocycles. The third kappa shape index (κ3) is 5.12. The quantitative estimate of drug-likeness (QED) is 0.720. The Bertz CT molecular complexity index is 356. The molecule has 0 fully saturated rings. The molecule has 0 bridgehead atoms. The van der Waals surface area contributed by atoms with Crippen LogP contribution in [0.25, 0.3) is 0 Å². The first-order valence-corrected chi connectivity index (χ1v) is 6.11. The van der Waals surface area contributed by atoms with E-state index in [9.17, 15) is 4.79 Å². The van der Waals surface area contributed by atoms with E-state index in [1.165, 1.54) is 16.7 Å². The van der Waals surface area contributed by atoms with Crippen LogP contribution < -0.4 is 5.32 Å². The predicted molar refractivity (Wildman–Crippen MR) is 66.9 cm³/mol. The van der Waals surface area contributed by atoms with Crippen LogP contribution in [0.5, 0.6) is 0 Å². The van der Waals surface area contributed by atoms with Crippen LogP contribution in [0.4, 0.5) is 5.13 Å². The Hall–Kier alpha value is -1.18. The van der Waals surface area contributed by atoms with E-state index in [2.05, 4.69) is 15.2 Å². The molecule has 0 spiro atoms. The van der Waals surface area contributed by atoms with Crippen molar-refractivity contribution in [2.75, 3.05) is 45.7 Å². The molecular weight excluding hydrogens is 242 g/mol. The Balaban J connectivity index is 2.23. The third-order valence-electron chi connectivity index (χ3n) is 2.17. The average Bonchev–Trinajstić information content (AvgIpc) is 2.75. The van der Waals surface area contributed by atoms with Crippen LogP contribution >= 0.6 is 11.3 Å². The molecule has 0 aliphatic rings. The van der Waals surface area contributed by atoms with Crippen molar-refractivity contribution in [3.05, 3.63) is 11.1 Å². The van der Waals surface area contributed by atoms with E-state index in [0.717, 1.165) is 19.6 Å². The number of rotatable bonds is 8. The number of likely N-dealkylation sites (N-methyl/N-ethyl adjacent to an activating group) is 1. The van der Waals surface area contributed by atoms with Gasteiger partial charge in [-0.1, -0.05) is 0 Å². The summed E-state index contributed by atoms with van der Waals surface area (Å²) >= 11 is 1.30. The number of carbonyl (C=O) groups is 1. The maximum absolute atomic E-state index is 10.6. The first kappa shape index (κ1) is 13.9. The fraction of sp³-hybridized carbons (Fsp3) is 0.600. The summed E-state index contributed by atoms with van der Waals surface area (Å²) in [6, 6.07) is 0. The Labute approximate surface area is 104 Å². The molecule has 6 nitrogen and oxygen atoms in total. The molecule has 96 valence electrons. The second-order valence-electron chi connectivity index (χ2n) is 3.57. The van der Waals surface area contributed by atoms with E-state index < -0.39 is 5.97 Å². The minimum atomic E-state index is -0.994. The minimum absolute atomic E-state index is 0.0882. The van der Waals surface area contributed by atoms with E-state index in [1.54, 1.807) is 7.11 Å². The summed E-state index contributed by atoms with van der Waals surface area (Å²) in [5, 5.41) is 14.0. The van der Waals surface area contributed by atoms with Gasteiger partial charge in [-0.15, -0.1) is 11.3 Å². The molecule has 17 heavy (non-hydrogen) atoms. The number of methoxy groups -OCH3 is 1. The number of carboxylic acids is 1. The number of ether oxygens (including phenoxy) is 1. The number of thiazole rings is 1. The number of nitrogens with one attached hydrogen (secondary N) is 1. The highest BCUT2D eigenvalue weighted by Crippen LogP contribution is 2.14. The lowest BCUT2D eigenvalue weighted by Gasteiger charge is -2.15. The number of hydrogen-bond acceptors (Lipinski definition) is 6. The molecule has 0 aliphatic heterocycles. The minimum Gasteiger partial charge on any atom is -0.476 e. The molecule has 0 aliphatic carbocycles. The van der Waals surface area contributed by atoms with Gasteiger partial charge in [0.25, 0.3) is 0 Å².